The van der Waals surface area contributed by atoms with Crippen molar-refractivity contribution in [2.24, 2.45) is 0 Å². The number of aromatic nitrogens is 4. The zero-order chi connectivity index (χ0) is 19.8. The van der Waals surface area contributed by atoms with Crippen LogP contribution in [-0.2, 0) is 17.6 Å². The van der Waals surface area contributed by atoms with Gasteiger partial charge in [-0.3, -0.25) is 14.6 Å². The summed E-state index contributed by atoms with van der Waals surface area (Å²) < 4.78 is 5.65. The number of H-pyrrole nitrogens is 1. The van der Waals surface area contributed by atoms with Crippen molar-refractivity contribution < 1.29 is 14.3 Å². The van der Waals surface area contributed by atoms with Gasteiger partial charge in [-0.25, -0.2) is 0 Å². The fourth-order valence-corrected chi connectivity index (χ4v) is 3.97. The van der Waals surface area contributed by atoms with E-state index in [0.717, 1.165) is 12.8 Å². The highest BCUT2D eigenvalue weighted by molar-refractivity contribution is 5.96. The zero-order valence-corrected chi connectivity index (χ0v) is 15.6. The van der Waals surface area contributed by atoms with Crippen molar-refractivity contribution in [2.75, 3.05) is 6.61 Å². The van der Waals surface area contributed by atoms with Gasteiger partial charge in [0.1, 0.15) is 24.2 Å². The van der Waals surface area contributed by atoms with Crippen molar-refractivity contribution in [1.29, 1.82) is 0 Å². The molecule has 3 heterocycles. The average Bonchev–Trinajstić information content (AvgIpc) is 3.35. The Kier molecular flexibility index (Phi) is 4.31. The molecule has 0 unspecified atom stereocenters. The van der Waals surface area contributed by atoms with Gasteiger partial charge in [0, 0.05) is 12.1 Å². The molecule has 2 aliphatic rings. The van der Waals surface area contributed by atoms with E-state index in [0.29, 0.717) is 17.3 Å². The summed E-state index contributed by atoms with van der Waals surface area (Å²) in [7, 11) is 0. The number of fused-ring (bicyclic) bond motifs is 2. The summed E-state index contributed by atoms with van der Waals surface area (Å²) >= 11 is 0. The van der Waals surface area contributed by atoms with Gasteiger partial charge in [-0.2, -0.15) is 0 Å². The number of rotatable bonds is 3. The van der Waals surface area contributed by atoms with Gasteiger partial charge in [-0.05, 0) is 36.1 Å². The summed E-state index contributed by atoms with van der Waals surface area (Å²) in [6.45, 7) is 0.0558. The molecule has 5 rings (SSSR count). The lowest BCUT2D eigenvalue weighted by Gasteiger charge is -2.14. The van der Waals surface area contributed by atoms with E-state index < -0.39 is 11.9 Å². The van der Waals surface area contributed by atoms with Crippen LogP contribution in [0.15, 0.2) is 42.6 Å². The van der Waals surface area contributed by atoms with Gasteiger partial charge in [0.25, 0.3) is 5.91 Å². The van der Waals surface area contributed by atoms with Crippen LogP contribution in [-0.4, -0.2) is 44.5 Å². The predicted octanol–water partition coefficient (Wildman–Crippen LogP) is 1.58. The second-order valence-corrected chi connectivity index (χ2v) is 7.28. The lowest BCUT2D eigenvalue weighted by atomic mass is 10.0. The number of aromatic amines is 1. The lowest BCUT2D eigenvalue weighted by molar-refractivity contribution is -0.120. The molecule has 1 aromatic carbocycles. The highest BCUT2D eigenvalue weighted by atomic mass is 16.5. The van der Waals surface area contributed by atoms with Crippen molar-refractivity contribution in [3.05, 3.63) is 71.1 Å². The molecule has 29 heavy (non-hydrogen) atoms. The van der Waals surface area contributed by atoms with Crippen LogP contribution in [0.1, 0.15) is 45.6 Å². The second kappa shape index (κ2) is 7.12. The Morgan fingerprint density at radius 1 is 1.17 bits per heavy atom. The Morgan fingerprint density at radius 2 is 2.07 bits per heavy atom. The van der Waals surface area contributed by atoms with E-state index in [9.17, 15) is 9.59 Å². The molecule has 1 aliphatic heterocycles. The van der Waals surface area contributed by atoms with Crippen molar-refractivity contribution in [3.63, 3.8) is 0 Å². The number of nitrogens with zero attached hydrogens (tertiary/aromatic N) is 3. The fourth-order valence-electron chi connectivity index (χ4n) is 3.97. The molecule has 0 radical (unpaired) electrons. The maximum absolute atomic E-state index is 12.6. The van der Waals surface area contributed by atoms with Crippen LogP contribution in [0.4, 0.5) is 0 Å². The molecule has 0 fully saturated rings. The minimum Gasteiger partial charge on any atom is -0.489 e. The van der Waals surface area contributed by atoms with Crippen LogP contribution in [0, 0.1) is 0 Å². The highest BCUT2D eigenvalue weighted by Crippen LogP contribution is 2.36. The topological polar surface area (TPSA) is 110 Å². The quantitative estimate of drug-likeness (QED) is 0.704. The largest absolute Gasteiger partial charge is 0.489 e. The third-order valence-corrected chi connectivity index (χ3v) is 5.47. The molecule has 3 aromatic rings. The Labute approximate surface area is 166 Å². The third kappa shape index (κ3) is 3.26. The van der Waals surface area contributed by atoms with Crippen LogP contribution in [0.25, 0.3) is 0 Å². The van der Waals surface area contributed by atoms with Gasteiger partial charge >= 0.3 is 0 Å². The number of carbonyl (C=O) groups is 2. The molecule has 1 aliphatic carbocycles. The first-order chi connectivity index (χ1) is 14.2. The number of ether oxygens (including phenoxy) is 1. The normalized spacial score (nSPS) is 20.3. The Morgan fingerprint density at radius 3 is 3.00 bits per heavy atom. The summed E-state index contributed by atoms with van der Waals surface area (Å²) in [6, 6.07) is 11.0. The molecule has 0 spiro atoms. The van der Waals surface area contributed by atoms with Gasteiger partial charge in [0.2, 0.25) is 5.82 Å². The molecule has 8 nitrogen and oxygen atoms in total. The number of ketones is 1. The Bertz CT molecular complexity index is 1090. The Hall–Kier alpha value is -3.55. The van der Waals surface area contributed by atoms with Gasteiger partial charge in [0.05, 0.1) is 12.1 Å². The minimum absolute atomic E-state index is 0.0558. The first-order valence-corrected chi connectivity index (χ1v) is 9.59. The maximum Gasteiger partial charge on any atom is 0.289 e. The third-order valence-electron chi connectivity index (χ3n) is 5.47. The average molecular weight is 389 g/mol. The van der Waals surface area contributed by atoms with E-state index in [1.807, 2.05) is 12.1 Å². The molecule has 0 saturated carbocycles. The van der Waals surface area contributed by atoms with Gasteiger partial charge in [-0.1, -0.05) is 24.3 Å². The fraction of sp³-hybridized carbons (Fsp3) is 0.286. The molecular formula is C21H19N5O3. The summed E-state index contributed by atoms with van der Waals surface area (Å²) in [6.07, 6.45) is 3.63. The molecule has 0 bridgehead atoms. The van der Waals surface area contributed by atoms with Crippen LogP contribution in [0.3, 0.4) is 0 Å². The van der Waals surface area contributed by atoms with Crippen molar-refractivity contribution in [2.45, 2.75) is 31.2 Å². The minimum atomic E-state index is -0.766. The molecule has 0 saturated heterocycles. The Balaban J connectivity index is 1.30. The first kappa shape index (κ1) is 17.5. The van der Waals surface area contributed by atoms with Crippen molar-refractivity contribution in [3.8, 4) is 5.75 Å². The number of nitrogens with one attached hydrogen (secondary N) is 2. The molecule has 146 valence electrons. The smallest absolute Gasteiger partial charge is 0.289 e. The number of carbonyl (C=O) groups excluding carboxylic acids is 2. The number of Topliss-reactive ketones (excluding diaryl/α,β-unsaturated/α-hetero) is 1. The molecule has 8 heteroatoms. The molecular weight excluding hydrogens is 370 g/mol. The second-order valence-electron chi connectivity index (χ2n) is 7.28. The van der Waals surface area contributed by atoms with E-state index >= 15 is 0 Å². The van der Waals surface area contributed by atoms with Crippen LogP contribution in [0.5, 0.6) is 5.75 Å². The molecule has 2 N–H and O–H groups in total. The van der Waals surface area contributed by atoms with Crippen LogP contribution in [0.2, 0.25) is 0 Å². The number of hydrogen-bond donors (Lipinski definition) is 2. The van der Waals surface area contributed by atoms with Gasteiger partial charge in [0.15, 0.2) is 5.78 Å². The molecule has 2 atom stereocenters. The number of hydrogen-bond acceptors (Lipinski definition) is 6. The summed E-state index contributed by atoms with van der Waals surface area (Å²) in [5.74, 6) is 0.802. The van der Waals surface area contributed by atoms with E-state index in [2.05, 4.69) is 37.6 Å². The van der Waals surface area contributed by atoms with Gasteiger partial charge < -0.3 is 15.0 Å². The van der Waals surface area contributed by atoms with E-state index in [1.54, 1.807) is 18.3 Å². The maximum atomic E-state index is 12.6. The number of pyridine rings is 1. The monoisotopic (exact) mass is 389 g/mol. The van der Waals surface area contributed by atoms with Gasteiger partial charge in [-0.15, -0.1) is 10.2 Å². The highest BCUT2D eigenvalue weighted by Gasteiger charge is 2.30. The van der Waals surface area contributed by atoms with Crippen LogP contribution < -0.4 is 10.1 Å². The molecule has 1 amide bonds. The van der Waals surface area contributed by atoms with E-state index in [4.69, 9.17) is 4.74 Å². The SMILES string of the molecule is O=C(N[C@H]1COc2cccnc2CC1=O)c1nnc([C@@H]2CCc3ccccc32)[nH]1. The zero-order valence-electron chi connectivity index (χ0n) is 15.6. The lowest BCUT2D eigenvalue weighted by Crippen LogP contribution is -2.45. The van der Waals surface area contributed by atoms with E-state index in [1.165, 1.54) is 11.1 Å². The summed E-state index contributed by atoms with van der Waals surface area (Å²) in [5, 5.41) is 10.9. The summed E-state index contributed by atoms with van der Waals surface area (Å²) in [4.78, 5) is 32.4. The van der Waals surface area contributed by atoms with Crippen LogP contribution >= 0.6 is 0 Å². The molecule has 2 aromatic heterocycles. The van der Waals surface area contributed by atoms with Crippen molar-refractivity contribution in [1.82, 2.24) is 25.5 Å². The number of amides is 1. The summed E-state index contributed by atoms with van der Waals surface area (Å²) in [5.41, 5.74) is 3.10. The number of aryl methyl sites for hydroxylation is 1. The van der Waals surface area contributed by atoms with E-state index in [-0.39, 0.29) is 30.6 Å². The van der Waals surface area contributed by atoms with Crippen molar-refractivity contribution >= 4 is 11.7 Å². The standard InChI is InChI=1S/C21H19N5O3/c27-17-10-15-18(6-3-9-22-15)29-11-16(17)23-21(28)20-24-19(25-26-20)14-8-7-12-4-1-2-5-13(12)14/h1-6,9,14,16H,7-8,10-11H2,(H,23,28)(H,24,25,26)/t14-,16+/m1/s1. The number of benzene rings is 1. The predicted molar refractivity (Wildman–Crippen MR) is 103 cm³/mol. The first-order valence-electron chi connectivity index (χ1n) is 9.59.